The van der Waals surface area contributed by atoms with Gasteiger partial charge < -0.3 is 9.88 Å². The molecule has 0 aliphatic carbocycles. The largest absolute Gasteiger partial charge is 0.334 e. The van der Waals surface area contributed by atoms with Gasteiger partial charge in [0.1, 0.15) is 0 Å². The maximum atomic E-state index is 13.4. The molecule has 3 aromatic carbocycles. The van der Waals surface area contributed by atoms with Crippen molar-refractivity contribution in [3.8, 4) is 0 Å². The highest BCUT2D eigenvalue weighted by atomic mass is 16.2. The van der Waals surface area contributed by atoms with Crippen molar-refractivity contribution in [1.29, 1.82) is 0 Å². The molecule has 162 valence electrons. The average Bonchev–Trinajstić information content (AvgIpc) is 2.77. The van der Waals surface area contributed by atoms with Crippen molar-refractivity contribution in [3.63, 3.8) is 0 Å². The number of carbonyl (C=O) groups is 1. The molecule has 0 saturated heterocycles. The molecule has 0 radical (unpaired) electrons. The van der Waals surface area contributed by atoms with Gasteiger partial charge in [-0.2, -0.15) is 0 Å². The first kappa shape index (κ1) is 21.6. The number of fused-ring (bicyclic) bond motifs is 1. The van der Waals surface area contributed by atoms with Crippen LogP contribution in [0.2, 0.25) is 0 Å². The van der Waals surface area contributed by atoms with E-state index in [1.807, 2.05) is 68.4 Å². The number of carbonyl (C=O) groups excluding carboxylic acids is 1. The highest BCUT2D eigenvalue weighted by molar-refractivity contribution is 5.94. The van der Waals surface area contributed by atoms with Gasteiger partial charge in [0.15, 0.2) is 0 Å². The number of aromatic nitrogens is 1. The predicted octanol–water partition coefficient (Wildman–Crippen LogP) is 5.34. The molecule has 4 heteroatoms. The van der Waals surface area contributed by atoms with Crippen LogP contribution in [0.5, 0.6) is 0 Å². The van der Waals surface area contributed by atoms with Gasteiger partial charge in [-0.25, -0.2) is 0 Å². The monoisotopic (exact) mass is 424 g/mol. The van der Waals surface area contributed by atoms with Crippen LogP contribution in [0.4, 0.5) is 0 Å². The first-order valence-corrected chi connectivity index (χ1v) is 10.9. The fourth-order valence-electron chi connectivity index (χ4n) is 4.10. The molecule has 1 N–H and O–H groups in total. The summed E-state index contributed by atoms with van der Waals surface area (Å²) in [5, 5.41) is 0.973. The second-order valence-corrected chi connectivity index (χ2v) is 8.50. The fraction of sp³-hybridized carbons (Fsp3) is 0.214. The van der Waals surface area contributed by atoms with Gasteiger partial charge in [-0.15, -0.1) is 0 Å². The summed E-state index contributed by atoms with van der Waals surface area (Å²) in [6.45, 7) is 6.81. The number of aromatic amines is 1. The molecule has 0 spiro atoms. The van der Waals surface area contributed by atoms with E-state index in [-0.39, 0.29) is 18.0 Å². The van der Waals surface area contributed by atoms with E-state index in [4.69, 9.17) is 0 Å². The highest BCUT2D eigenvalue weighted by Crippen LogP contribution is 2.17. The summed E-state index contributed by atoms with van der Waals surface area (Å²) < 4.78 is 0. The Bertz CT molecular complexity index is 1340. The lowest BCUT2D eigenvalue weighted by Gasteiger charge is -2.23. The van der Waals surface area contributed by atoms with Gasteiger partial charge in [0, 0.05) is 17.7 Å². The van der Waals surface area contributed by atoms with Crippen molar-refractivity contribution in [3.05, 3.63) is 117 Å². The summed E-state index contributed by atoms with van der Waals surface area (Å²) in [5.74, 6) is -0.0647. The Morgan fingerprint density at radius 3 is 2.34 bits per heavy atom. The molecule has 4 rings (SSSR count). The number of para-hydroxylation sites is 1. The van der Waals surface area contributed by atoms with E-state index >= 15 is 0 Å². The van der Waals surface area contributed by atoms with Crippen LogP contribution in [0.15, 0.2) is 77.6 Å². The summed E-state index contributed by atoms with van der Waals surface area (Å²) in [5.41, 5.74) is 6.36. The van der Waals surface area contributed by atoms with Crippen molar-refractivity contribution >= 4 is 16.8 Å². The standard InChI is InChI=1S/C28H28N2O2/c1-19-7-4-10-22(15-19)13-14-30(28(32)24-12-5-8-20(2)16-24)18-25-17-23-11-6-9-21(3)26(23)29-27(25)31/h4-12,15-17H,13-14,18H2,1-3H3,(H,29,31). The van der Waals surface area contributed by atoms with Crippen LogP contribution in [-0.2, 0) is 13.0 Å². The van der Waals surface area contributed by atoms with E-state index in [9.17, 15) is 9.59 Å². The zero-order valence-electron chi connectivity index (χ0n) is 18.8. The van der Waals surface area contributed by atoms with Gasteiger partial charge >= 0.3 is 0 Å². The van der Waals surface area contributed by atoms with Crippen LogP contribution >= 0.6 is 0 Å². The summed E-state index contributed by atoms with van der Waals surface area (Å²) >= 11 is 0. The van der Waals surface area contributed by atoms with Gasteiger partial charge in [-0.1, -0.05) is 65.7 Å². The molecule has 0 atom stereocenters. The molecular weight excluding hydrogens is 396 g/mol. The van der Waals surface area contributed by atoms with Gasteiger partial charge in [0.25, 0.3) is 11.5 Å². The number of H-pyrrole nitrogens is 1. The Hall–Kier alpha value is -3.66. The number of hydrogen-bond donors (Lipinski definition) is 1. The van der Waals surface area contributed by atoms with Crippen molar-refractivity contribution in [1.82, 2.24) is 9.88 Å². The molecule has 1 heterocycles. The second-order valence-electron chi connectivity index (χ2n) is 8.50. The third-order valence-electron chi connectivity index (χ3n) is 5.83. The maximum absolute atomic E-state index is 13.4. The molecule has 4 nitrogen and oxygen atoms in total. The minimum Gasteiger partial charge on any atom is -0.334 e. The Morgan fingerprint density at radius 2 is 1.59 bits per heavy atom. The average molecular weight is 425 g/mol. The van der Waals surface area contributed by atoms with Gasteiger partial charge in [0.2, 0.25) is 0 Å². The van der Waals surface area contributed by atoms with E-state index in [1.54, 1.807) is 4.90 Å². The molecule has 32 heavy (non-hydrogen) atoms. The summed E-state index contributed by atoms with van der Waals surface area (Å²) in [7, 11) is 0. The van der Waals surface area contributed by atoms with Crippen molar-refractivity contribution in [2.75, 3.05) is 6.54 Å². The number of amides is 1. The molecule has 1 amide bonds. The molecular formula is C28H28N2O2. The molecule has 0 saturated carbocycles. The van der Waals surface area contributed by atoms with Crippen molar-refractivity contribution in [2.24, 2.45) is 0 Å². The molecule has 1 aromatic heterocycles. The third kappa shape index (κ3) is 4.80. The lowest BCUT2D eigenvalue weighted by Crippen LogP contribution is -2.34. The number of pyridine rings is 1. The van der Waals surface area contributed by atoms with Crippen LogP contribution in [0.1, 0.15) is 38.2 Å². The summed E-state index contributed by atoms with van der Waals surface area (Å²) in [4.78, 5) is 31.1. The zero-order chi connectivity index (χ0) is 22.7. The first-order chi connectivity index (χ1) is 15.4. The Kier molecular flexibility index (Phi) is 6.22. The molecule has 0 unspecified atom stereocenters. The van der Waals surface area contributed by atoms with Gasteiger partial charge in [-0.05, 0) is 61.9 Å². The van der Waals surface area contributed by atoms with Crippen LogP contribution in [0.25, 0.3) is 10.9 Å². The van der Waals surface area contributed by atoms with Crippen molar-refractivity contribution < 1.29 is 4.79 Å². The van der Waals surface area contributed by atoms with Crippen LogP contribution < -0.4 is 5.56 Å². The van der Waals surface area contributed by atoms with E-state index in [0.717, 1.165) is 28.5 Å². The maximum Gasteiger partial charge on any atom is 0.254 e. The number of aryl methyl sites for hydroxylation is 3. The predicted molar refractivity (Wildman–Crippen MR) is 130 cm³/mol. The SMILES string of the molecule is Cc1cccc(CCN(Cc2cc3cccc(C)c3[nH]c2=O)C(=O)c2cccc(C)c2)c1. The molecule has 0 aliphatic heterocycles. The normalized spacial score (nSPS) is 11.0. The van der Waals surface area contributed by atoms with Crippen LogP contribution in [-0.4, -0.2) is 22.3 Å². The molecule has 0 aliphatic rings. The lowest BCUT2D eigenvalue weighted by molar-refractivity contribution is 0.0744. The Labute approximate surface area is 188 Å². The first-order valence-electron chi connectivity index (χ1n) is 10.9. The number of hydrogen-bond acceptors (Lipinski definition) is 2. The molecule has 0 bridgehead atoms. The summed E-state index contributed by atoms with van der Waals surface area (Å²) in [6.07, 6.45) is 0.726. The van der Waals surface area contributed by atoms with Crippen LogP contribution in [0.3, 0.4) is 0 Å². The van der Waals surface area contributed by atoms with E-state index in [0.29, 0.717) is 17.7 Å². The third-order valence-corrected chi connectivity index (χ3v) is 5.83. The molecule has 0 fully saturated rings. The number of benzene rings is 3. The van der Waals surface area contributed by atoms with Crippen LogP contribution in [0, 0.1) is 20.8 Å². The topological polar surface area (TPSA) is 53.2 Å². The lowest BCUT2D eigenvalue weighted by atomic mass is 10.1. The van der Waals surface area contributed by atoms with E-state index < -0.39 is 0 Å². The highest BCUT2D eigenvalue weighted by Gasteiger charge is 2.18. The Morgan fingerprint density at radius 1 is 0.875 bits per heavy atom. The summed E-state index contributed by atoms with van der Waals surface area (Å²) in [6, 6.07) is 23.8. The van der Waals surface area contributed by atoms with Gasteiger partial charge in [0.05, 0.1) is 12.1 Å². The fourth-order valence-corrected chi connectivity index (χ4v) is 4.10. The minimum atomic E-state index is -0.149. The Balaban J connectivity index is 1.67. The zero-order valence-corrected chi connectivity index (χ0v) is 18.8. The quantitative estimate of drug-likeness (QED) is 0.454. The van der Waals surface area contributed by atoms with Gasteiger partial charge in [-0.3, -0.25) is 9.59 Å². The van der Waals surface area contributed by atoms with E-state index in [1.165, 1.54) is 11.1 Å². The number of rotatable bonds is 6. The van der Waals surface area contributed by atoms with Crippen molar-refractivity contribution in [2.45, 2.75) is 33.7 Å². The molecule has 4 aromatic rings. The number of nitrogens with one attached hydrogen (secondary N) is 1. The second kappa shape index (κ2) is 9.23. The van der Waals surface area contributed by atoms with E-state index in [2.05, 4.69) is 30.1 Å². The smallest absolute Gasteiger partial charge is 0.254 e. The minimum absolute atomic E-state index is 0.0647. The number of nitrogens with zero attached hydrogens (tertiary/aromatic N) is 1.